The molecule has 2 rings (SSSR count). The number of rotatable bonds is 6. The maximum absolute atomic E-state index is 12.1. The smallest absolute Gasteiger partial charge is 0.251 e. The normalized spacial score (nSPS) is 10.9. The van der Waals surface area contributed by atoms with Gasteiger partial charge in [-0.1, -0.05) is 6.07 Å². The standard InChI is InChI=1S/C19H19N3O3/c1-13(11-18(24)21-12-17-5-3-4-10-20-17)19(25)22-16-8-6-15(7-9-16)14(2)23/h3-11H,12H2,1-2H3,(H,21,24)(H,22,25)/b13-11-. The number of pyridine rings is 1. The molecule has 2 aromatic rings. The van der Waals surface area contributed by atoms with Crippen LogP contribution in [0.4, 0.5) is 5.69 Å². The Labute approximate surface area is 146 Å². The van der Waals surface area contributed by atoms with E-state index in [1.54, 1.807) is 49.5 Å². The van der Waals surface area contributed by atoms with Crippen LogP contribution in [0.25, 0.3) is 0 Å². The summed E-state index contributed by atoms with van der Waals surface area (Å²) in [6, 6.07) is 12.0. The molecule has 0 aliphatic rings. The number of hydrogen-bond acceptors (Lipinski definition) is 4. The summed E-state index contributed by atoms with van der Waals surface area (Å²) in [6.07, 6.45) is 2.88. The molecule has 0 bridgehead atoms. The molecular weight excluding hydrogens is 318 g/mol. The Morgan fingerprint density at radius 2 is 1.76 bits per heavy atom. The van der Waals surface area contributed by atoms with E-state index in [-0.39, 0.29) is 29.7 Å². The van der Waals surface area contributed by atoms with Gasteiger partial charge in [0.05, 0.1) is 12.2 Å². The molecule has 1 heterocycles. The molecule has 1 aromatic carbocycles. The van der Waals surface area contributed by atoms with Gasteiger partial charge in [0.2, 0.25) is 5.91 Å². The zero-order chi connectivity index (χ0) is 18.2. The van der Waals surface area contributed by atoms with Crippen molar-refractivity contribution in [3.05, 3.63) is 71.6 Å². The molecule has 6 heteroatoms. The maximum atomic E-state index is 12.1. The Bertz CT molecular complexity index is 796. The molecule has 0 radical (unpaired) electrons. The fourth-order valence-electron chi connectivity index (χ4n) is 2.01. The van der Waals surface area contributed by atoms with Gasteiger partial charge in [0.15, 0.2) is 5.78 Å². The van der Waals surface area contributed by atoms with Gasteiger partial charge in [-0.2, -0.15) is 0 Å². The monoisotopic (exact) mass is 337 g/mol. The molecule has 0 aliphatic heterocycles. The quantitative estimate of drug-likeness (QED) is 0.626. The second-order valence-electron chi connectivity index (χ2n) is 5.45. The molecule has 0 spiro atoms. The van der Waals surface area contributed by atoms with Crippen molar-refractivity contribution in [1.82, 2.24) is 10.3 Å². The average molecular weight is 337 g/mol. The molecule has 0 aliphatic carbocycles. The van der Waals surface area contributed by atoms with Gasteiger partial charge in [0.25, 0.3) is 5.91 Å². The van der Waals surface area contributed by atoms with Crippen molar-refractivity contribution in [3.8, 4) is 0 Å². The first-order chi connectivity index (χ1) is 12.0. The summed E-state index contributed by atoms with van der Waals surface area (Å²) >= 11 is 0. The van der Waals surface area contributed by atoms with Crippen LogP contribution in [0.2, 0.25) is 0 Å². The number of nitrogens with one attached hydrogen (secondary N) is 2. The molecule has 128 valence electrons. The summed E-state index contributed by atoms with van der Waals surface area (Å²) in [7, 11) is 0. The highest BCUT2D eigenvalue weighted by Crippen LogP contribution is 2.11. The highest BCUT2D eigenvalue weighted by atomic mass is 16.2. The highest BCUT2D eigenvalue weighted by Gasteiger charge is 2.08. The van der Waals surface area contributed by atoms with E-state index in [2.05, 4.69) is 15.6 Å². The number of aromatic nitrogens is 1. The molecule has 1 aromatic heterocycles. The Balaban J connectivity index is 1.90. The number of benzene rings is 1. The third-order valence-corrected chi connectivity index (χ3v) is 3.42. The van der Waals surface area contributed by atoms with Crippen LogP contribution in [-0.2, 0) is 16.1 Å². The molecule has 0 atom stereocenters. The van der Waals surface area contributed by atoms with Gasteiger partial charge in [-0.25, -0.2) is 0 Å². The topological polar surface area (TPSA) is 88.2 Å². The molecule has 0 saturated heterocycles. The Kier molecular flexibility index (Phi) is 6.17. The number of Topliss-reactive ketones (excluding diaryl/α,β-unsaturated/α-hetero) is 1. The zero-order valence-corrected chi connectivity index (χ0v) is 14.1. The van der Waals surface area contributed by atoms with Crippen molar-refractivity contribution in [1.29, 1.82) is 0 Å². The summed E-state index contributed by atoms with van der Waals surface area (Å²) in [6.45, 7) is 3.32. The van der Waals surface area contributed by atoms with Crippen LogP contribution in [0.1, 0.15) is 29.9 Å². The zero-order valence-electron chi connectivity index (χ0n) is 14.1. The molecule has 6 nitrogen and oxygen atoms in total. The van der Waals surface area contributed by atoms with Crippen LogP contribution in [0.15, 0.2) is 60.3 Å². The van der Waals surface area contributed by atoms with E-state index in [1.165, 1.54) is 13.0 Å². The minimum atomic E-state index is -0.386. The summed E-state index contributed by atoms with van der Waals surface area (Å²) in [5.74, 6) is -0.799. The minimum Gasteiger partial charge on any atom is -0.347 e. The van der Waals surface area contributed by atoms with Gasteiger partial charge in [-0.05, 0) is 50.2 Å². The molecule has 25 heavy (non-hydrogen) atoms. The lowest BCUT2D eigenvalue weighted by Gasteiger charge is -2.06. The van der Waals surface area contributed by atoms with Gasteiger partial charge in [-0.15, -0.1) is 0 Å². The lowest BCUT2D eigenvalue weighted by molar-refractivity contribution is -0.117. The largest absolute Gasteiger partial charge is 0.347 e. The summed E-state index contributed by atoms with van der Waals surface area (Å²) in [4.78, 5) is 39.3. The number of carbonyl (C=O) groups is 3. The highest BCUT2D eigenvalue weighted by molar-refractivity contribution is 6.07. The van der Waals surface area contributed by atoms with Crippen molar-refractivity contribution in [2.24, 2.45) is 0 Å². The van der Waals surface area contributed by atoms with Crippen molar-refractivity contribution in [2.75, 3.05) is 5.32 Å². The Morgan fingerprint density at radius 1 is 1.04 bits per heavy atom. The SMILES string of the molecule is CC(=O)c1ccc(NC(=O)/C(C)=C\C(=O)NCc2ccccn2)cc1. The number of nitrogens with zero attached hydrogens (tertiary/aromatic N) is 1. The van der Waals surface area contributed by atoms with Crippen molar-refractivity contribution >= 4 is 23.3 Å². The van der Waals surface area contributed by atoms with E-state index in [9.17, 15) is 14.4 Å². The van der Waals surface area contributed by atoms with Gasteiger partial charge >= 0.3 is 0 Å². The van der Waals surface area contributed by atoms with Crippen molar-refractivity contribution in [2.45, 2.75) is 20.4 Å². The Hall–Kier alpha value is -3.28. The molecular formula is C19H19N3O3. The number of hydrogen-bond donors (Lipinski definition) is 2. The van der Waals surface area contributed by atoms with Crippen LogP contribution in [0, 0.1) is 0 Å². The number of anilines is 1. The Morgan fingerprint density at radius 3 is 2.36 bits per heavy atom. The number of ketones is 1. The maximum Gasteiger partial charge on any atom is 0.251 e. The van der Waals surface area contributed by atoms with Crippen LogP contribution in [0.5, 0.6) is 0 Å². The van der Waals surface area contributed by atoms with E-state index < -0.39 is 0 Å². The van der Waals surface area contributed by atoms with Gasteiger partial charge in [-0.3, -0.25) is 19.4 Å². The first-order valence-corrected chi connectivity index (χ1v) is 7.74. The third kappa shape index (κ3) is 5.69. The van der Waals surface area contributed by atoms with Crippen LogP contribution in [-0.4, -0.2) is 22.6 Å². The fraction of sp³-hybridized carbons (Fsp3) is 0.158. The van der Waals surface area contributed by atoms with Gasteiger partial charge in [0.1, 0.15) is 0 Å². The summed E-state index contributed by atoms with van der Waals surface area (Å²) in [5.41, 5.74) is 2.13. The van der Waals surface area contributed by atoms with E-state index in [0.29, 0.717) is 11.3 Å². The third-order valence-electron chi connectivity index (χ3n) is 3.42. The lowest BCUT2D eigenvalue weighted by Crippen LogP contribution is -2.23. The van der Waals surface area contributed by atoms with E-state index in [4.69, 9.17) is 0 Å². The van der Waals surface area contributed by atoms with Crippen molar-refractivity contribution in [3.63, 3.8) is 0 Å². The van der Waals surface area contributed by atoms with Gasteiger partial charge < -0.3 is 10.6 Å². The second kappa shape index (κ2) is 8.54. The van der Waals surface area contributed by atoms with E-state index in [0.717, 1.165) is 5.69 Å². The van der Waals surface area contributed by atoms with Crippen LogP contribution in [0.3, 0.4) is 0 Å². The predicted octanol–water partition coefficient (Wildman–Crippen LogP) is 2.49. The molecule has 0 saturated carbocycles. The first kappa shape index (κ1) is 18.1. The van der Waals surface area contributed by atoms with E-state index in [1.807, 2.05) is 6.07 Å². The average Bonchev–Trinajstić information content (AvgIpc) is 2.61. The van der Waals surface area contributed by atoms with Crippen LogP contribution < -0.4 is 10.6 Å². The van der Waals surface area contributed by atoms with Gasteiger partial charge in [0, 0.05) is 29.1 Å². The minimum absolute atomic E-state index is 0.0430. The lowest BCUT2D eigenvalue weighted by atomic mass is 10.1. The molecule has 2 amide bonds. The predicted molar refractivity (Wildman–Crippen MR) is 94.9 cm³/mol. The molecule has 2 N–H and O–H groups in total. The number of carbonyl (C=O) groups excluding carboxylic acids is 3. The molecule has 0 unspecified atom stereocenters. The summed E-state index contributed by atoms with van der Waals surface area (Å²) in [5, 5.41) is 5.35. The van der Waals surface area contributed by atoms with Crippen molar-refractivity contribution < 1.29 is 14.4 Å². The summed E-state index contributed by atoms with van der Waals surface area (Å²) < 4.78 is 0. The van der Waals surface area contributed by atoms with Crippen LogP contribution >= 0.6 is 0 Å². The first-order valence-electron chi connectivity index (χ1n) is 7.74. The second-order valence-corrected chi connectivity index (χ2v) is 5.45. The number of amides is 2. The van der Waals surface area contributed by atoms with E-state index >= 15 is 0 Å². The fourth-order valence-corrected chi connectivity index (χ4v) is 2.01. The molecule has 0 fully saturated rings.